The largest absolute Gasteiger partial charge is 0.466 e. The second-order valence-electron chi connectivity index (χ2n) is 5.17. The molecule has 2 rings (SSSR count). The molecule has 0 bridgehead atoms. The van der Waals surface area contributed by atoms with Gasteiger partial charge in [0.1, 0.15) is 0 Å². The standard InChI is InChI=1S/C15H21NO3S/c1-4-19-15(18)12-6-5-7-16(8-12)14(17)13-9-20-11(3)10(13)2/h9,12H,4-8H2,1-3H3. The van der Waals surface area contributed by atoms with Crippen LogP contribution in [0.1, 0.15) is 40.6 Å². The molecule has 1 aromatic heterocycles. The molecule has 0 aromatic carbocycles. The number of likely N-dealkylation sites (tertiary alicyclic amines) is 1. The molecule has 1 amide bonds. The van der Waals surface area contributed by atoms with Crippen molar-refractivity contribution in [1.82, 2.24) is 4.90 Å². The fourth-order valence-electron chi connectivity index (χ4n) is 2.51. The summed E-state index contributed by atoms with van der Waals surface area (Å²) in [6, 6.07) is 0. The number of aryl methyl sites for hydroxylation is 1. The van der Waals surface area contributed by atoms with Crippen LogP contribution < -0.4 is 0 Å². The van der Waals surface area contributed by atoms with Gasteiger partial charge in [-0.3, -0.25) is 9.59 Å². The van der Waals surface area contributed by atoms with Gasteiger partial charge in [0.05, 0.1) is 18.1 Å². The van der Waals surface area contributed by atoms with Crippen molar-refractivity contribution in [3.8, 4) is 0 Å². The molecule has 4 nitrogen and oxygen atoms in total. The second kappa shape index (κ2) is 6.39. The van der Waals surface area contributed by atoms with Crippen LogP contribution in [0.15, 0.2) is 5.38 Å². The van der Waals surface area contributed by atoms with E-state index in [1.54, 1.807) is 23.2 Å². The van der Waals surface area contributed by atoms with Gasteiger partial charge >= 0.3 is 5.97 Å². The van der Waals surface area contributed by atoms with Crippen LogP contribution in [-0.2, 0) is 9.53 Å². The summed E-state index contributed by atoms with van der Waals surface area (Å²) in [6.07, 6.45) is 1.67. The van der Waals surface area contributed by atoms with E-state index >= 15 is 0 Å². The molecular weight excluding hydrogens is 274 g/mol. The first-order valence-corrected chi connectivity index (χ1v) is 7.93. The SMILES string of the molecule is CCOC(=O)C1CCCN(C(=O)c2csc(C)c2C)C1. The molecule has 1 saturated heterocycles. The molecule has 110 valence electrons. The van der Waals surface area contributed by atoms with E-state index in [1.807, 2.05) is 19.2 Å². The molecule has 1 unspecified atom stereocenters. The summed E-state index contributed by atoms with van der Waals surface area (Å²) < 4.78 is 5.07. The maximum Gasteiger partial charge on any atom is 0.310 e. The summed E-state index contributed by atoms with van der Waals surface area (Å²) in [6.45, 7) is 7.41. The van der Waals surface area contributed by atoms with E-state index in [1.165, 1.54) is 4.88 Å². The molecule has 1 aromatic rings. The van der Waals surface area contributed by atoms with E-state index in [2.05, 4.69) is 0 Å². The highest BCUT2D eigenvalue weighted by Gasteiger charge is 2.30. The van der Waals surface area contributed by atoms with Crippen LogP contribution in [0, 0.1) is 19.8 Å². The number of carbonyl (C=O) groups excluding carboxylic acids is 2. The lowest BCUT2D eigenvalue weighted by Gasteiger charge is -2.31. The summed E-state index contributed by atoms with van der Waals surface area (Å²) in [4.78, 5) is 27.3. The Hall–Kier alpha value is -1.36. The first-order chi connectivity index (χ1) is 9.54. The van der Waals surface area contributed by atoms with E-state index in [9.17, 15) is 9.59 Å². The lowest BCUT2D eigenvalue weighted by atomic mass is 9.97. The maximum absolute atomic E-state index is 12.5. The molecule has 1 fully saturated rings. The van der Waals surface area contributed by atoms with Crippen molar-refractivity contribution in [3.05, 3.63) is 21.4 Å². The van der Waals surface area contributed by atoms with Crippen LogP contribution in [0.3, 0.4) is 0 Å². The molecule has 0 saturated carbocycles. The summed E-state index contributed by atoms with van der Waals surface area (Å²) in [5, 5.41) is 1.92. The molecule has 1 aliphatic rings. The van der Waals surface area contributed by atoms with Gasteiger partial charge < -0.3 is 9.64 Å². The lowest BCUT2D eigenvalue weighted by molar-refractivity contribution is -0.149. The Balaban J connectivity index is 2.07. The van der Waals surface area contributed by atoms with Crippen molar-refractivity contribution in [1.29, 1.82) is 0 Å². The fourth-order valence-corrected chi connectivity index (χ4v) is 3.37. The molecule has 0 spiro atoms. The number of thiophene rings is 1. The van der Waals surface area contributed by atoms with Crippen LogP contribution in [0.5, 0.6) is 0 Å². The van der Waals surface area contributed by atoms with Crippen molar-refractivity contribution in [2.75, 3.05) is 19.7 Å². The Bertz CT molecular complexity index is 509. The third-order valence-corrected chi connectivity index (χ3v) is 4.86. The van der Waals surface area contributed by atoms with Crippen LogP contribution in [0.4, 0.5) is 0 Å². The molecular formula is C15H21NO3S. The number of carbonyl (C=O) groups is 2. The van der Waals surface area contributed by atoms with E-state index in [-0.39, 0.29) is 17.8 Å². The first kappa shape index (κ1) is 15.0. The number of nitrogens with zero attached hydrogens (tertiary/aromatic N) is 1. The van der Waals surface area contributed by atoms with E-state index in [4.69, 9.17) is 4.74 Å². The lowest BCUT2D eigenvalue weighted by Crippen LogP contribution is -2.42. The highest BCUT2D eigenvalue weighted by Crippen LogP contribution is 2.25. The van der Waals surface area contributed by atoms with Crippen LogP contribution in [-0.4, -0.2) is 36.5 Å². The van der Waals surface area contributed by atoms with Crippen LogP contribution in [0.25, 0.3) is 0 Å². The Kier molecular flexibility index (Phi) is 4.81. The highest BCUT2D eigenvalue weighted by atomic mass is 32.1. The fraction of sp³-hybridized carbons (Fsp3) is 0.600. The monoisotopic (exact) mass is 295 g/mol. The third kappa shape index (κ3) is 3.03. The molecule has 0 radical (unpaired) electrons. The van der Waals surface area contributed by atoms with Gasteiger partial charge in [-0.1, -0.05) is 0 Å². The minimum absolute atomic E-state index is 0.0425. The summed E-state index contributed by atoms with van der Waals surface area (Å²) >= 11 is 1.60. The summed E-state index contributed by atoms with van der Waals surface area (Å²) in [5.74, 6) is -0.309. The van der Waals surface area contributed by atoms with Gasteiger partial charge in [-0.15, -0.1) is 11.3 Å². The summed E-state index contributed by atoms with van der Waals surface area (Å²) in [7, 11) is 0. The molecule has 5 heteroatoms. The van der Waals surface area contributed by atoms with Crippen molar-refractivity contribution < 1.29 is 14.3 Å². The van der Waals surface area contributed by atoms with E-state index in [0.717, 1.165) is 30.5 Å². The number of esters is 1. The van der Waals surface area contributed by atoms with Gasteiger partial charge in [0.25, 0.3) is 5.91 Å². The number of hydrogen-bond acceptors (Lipinski definition) is 4. The number of rotatable bonds is 3. The molecule has 0 N–H and O–H groups in total. The predicted octanol–water partition coefficient (Wildman–Crippen LogP) is 2.78. The number of ether oxygens (including phenoxy) is 1. The number of hydrogen-bond donors (Lipinski definition) is 0. The summed E-state index contributed by atoms with van der Waals surface area (Å²) in [5.41, 5.74) is 1.83. The van der Waals surface area contributed by atoms with Gasteiger partial charge in [0.2, 0.25) is 0 Å². The topological polar surface area (TPSA) is 46.6 Å². The Labute approximate surface area is 123 Å². The van der Waals surface area contributed by atoms with Gasteiger partial charge in [-0.25, -0.2) is 0 Å². The van der Waals surface area contributed by atoms with Gasteiger partial charge in [-0.05, 0) is 39.2 Å². The average Bonchev–Trinajstić information content (AvgIpc) is 2.79. The normalized spacial score (nSPS) is 18.9. The Morgan fingerprint density at radius 2 is 2.20 bits per heavy atom. The van der Waals surface area contributed by atoms with E-state index < -0.39 is 0 Å². The Morgan fingerprint density at radius 1 is 1.45 bits per heavy atom. The van der Waals surface area contributed by atoms with Crippen molar-refractivity contribution in [2.24, 2.45) is 5.92 Å². The quantitative estimate of drug-likeness (QED) is 0.806. The van der Waals surface area contributed by atoms with Crippen LogP contribution in [0.2, 0.25) is 0 Å². The molecule has 2 heterocycles. The van der Waals surface area contributed by atoms with Gasteiger partial charge in [0.15, 0.2) is 0 Å². The minimum atomic E-state index is -0.178. The highest BCUT2D eigenvalue weighted by molar-refractivity contribution is 7.10. The smallest absolute Gasteiger partial charge is 0.310 e. The van der Waals surface area contributed by atoms with Crippen molar-refractivity contribution in [2.45, 2.75) is 33.6 Å². The molecule has 20 heavy (non-hydrogen) atoms. The average molecular weight is 295 g/mol. The minimum Gasteiger partial charge on any atom is -0.466 e. The van der Waals surface area contributed by atoms with Crippen molar-refractivity contribution in [3.63, 3.8) is 0 Å². The second-order valence-corrected chi connectivity index (χ2v) is 6.26. The van der Waals surface area contributed by atoms with Crippen molar-refractivity contribution >= 4 is 23.2 Å². The van der Waals surface area contributed by atoms with Crippen LogP contribution >= 0.6 is 11.3 Å². The first-order valence-electron chi connectivity index (χ1n) is 7.05. The van der Waals surface area contributed by atoms with Gasteiger partial charge in [0, 0.05) is 23.3 Å². The third-order valence-electron chi connectivity index (χ3n) is 3.84. The number of amides is 1. The van der Waals surface area contributed by atoms with Gasteiger partial charge in [-0.2, -0.15) is 0 Å². The Morgan fingerprint density at radius 3 is 2.80 bits per heavy atom. The molecule has 1 aliphatic heterocycles. The number of piperidine rings is 1. The maximum atomic E-state index is 12.5. The zero-order valence-electron chi connectivity index (χ0n) is 12.3. The molecule has 1 atom stereocenters. The predicted molar refractivity (Wildman–Crippen MR) is 79.1 cm³/mol. The zero-order chi connectivity index (χ0) is 14.7. The van der Waals surface area contributed by atoms with E-state index in [0.29, 0.717) is 13.2 Å². The zero-order valence-corrected chi connectivity index (χ0v) is 13.1. The molecule has 0 aliphatic carbocycles.